The van der Waals surface area contributed by atoms with Gasteiger partial charge in [-0.05, 0) is 24.6 Å². The Labute approximate surface area is 111 Å². The summed E-state index contributed by atoms with van der Waals surface area (Å²) >= 11 is 3.26. The molecule has 0 bridgehead atoms. The van der Waals surface area contributed by atoms with Crippen molar-refractivity contribution in [2.45, 2.75) is 19.0 Å². The highest BCUT2D eigenvalue weighted by Crippen LogP contribution is 2.31. The highest BCUT2D eigenvalue weighted by molar-refractivity contribution is 9.10. The van der Waals surface area contributed by atoms with Gasteiger partial charge in [0.2, 0.25) is 5.91 Å². The second kappa shape index (κ2) is 5.30. The third kappa shape index (κ3) is 2.53. The fraction of sp³-hybridized carbons (Fsp3) is 0.417. The van der Waals surface area contributed by atoms with Gasteiger partial charge < -0.3 is 4.90 Å². The molecule has 98 valence electrons. The Morgan fingerprint density at radius 3 is 2.67 bits per heavy atom. The van der Waals surface area contributed by atoms with Crippen LogP contribution >= 0.6 is 15.9 Å². The molecule has 2 nitrogen and oxygen atoms in total. The molecule has 0 N–H and O–H groups in total. The summed E-state index contributed by atoms with van der Waals surface area (Å²) in [6.45, 7) is 0.271. The molecule has 18 heavy (non-hydrogen) atoms. The maximum absolute atomic E-state index is 13.2. The van der Waals surface area contributed by atoms with Crippen molar-refractivity contribution in [3.63, 3.8) is 0 Å². The van der Waals surface area contributed by atoms with E-state index in [1.165, 1.54) is 4.90 Å². The first-order valence-electron chi connectivity index (χ1n) is 5.50. The van der Waals surface area contributed by atoms with E-state index in [4.69, 9.17) is 0 Å². The molecule has 0 aromatic heterocycles. The average Bonchev–Trinajstić information content (AvgIpc) is 2.70. The zero-order valence-corrected chi connectivity index (χ0v) is 10.9. The Balaban J connectivity index is 2.17. The number of carbonyl (C=O) groups is 1. The number of alkyl halides is 3. The summed E-state index contributed by atoms with van der Waals surface area (Å²) in [6.07, 6.45) is -5.37. The van der Waals surface area contributed by atoms with E-state index in [0.717, 1.165) is 4.47 Å². The van der Waals surface area contributed by atoms with Gasteiger partial charge >= 0.3 is 0 Å². The number of hydrogen-bond acceptors (Lipinski definition) is 1. The summed E-state index contributed by atoms with van der Waals surface area (Å²) in [5.41, 5.74) is 0.596. The molecular formula is C12H11BrF3NO. The molecule has 0 radical (unpaired) electrons. The zero-order valence-electron chi connectivity index (χ0n) is 9.32. The van der Waals surface area contributed by atoms with Crippen molar-refractivity contribution in [1.82, 2.24) is 0 Å². The van der Waals surface area contributed by atoms with Gasteiger partial charge in [0.1, 0.15) is 0 Å². The lowest BCUT2D eigenvalue weighted by Crippen LogP contribution is -2.33. The summed E-state index contributed by atoms with van der Waals surface area (Å²) in [4.78, 5) is 13.3. The van der Waals surface area contributed by atoms with E-state index in [1.807, 2.05) is 0 Å². The lowest BCUT2D eigenvalue weighted by Gasteiger charge is -2.18. The normalized spacial score (nSPS) is 21.7. The Morgan fingerprint density at radius 2 is 2.06 bits per heavy atom. The van der Waals surface area contributed by atoms with Crippen molar-refractivity contribution in [2.75, 3.05) is 11.4 Å². The molecule has 0 saturated carbocycles. The van der Waals surface area contributed by atoms with Crippen LogP contribution in [0.25, 0.3) is 0 Å². The Hall–Kier alpha value is -1.04. The average molecular weight is 322 g/mol. The summed E-state index contributed by atoms with van der Waals surface area (Å²) in [5.74, 6) is -1.80. The Bertz CT molecular complexity index is 455. The number of amides is 1. The van der Waals surface area contributed by atoms with E-state index in [2.05, 4.69) is 15.9 Å². The lowest BCUT2D eigenvalue weighted by molar-refractivity contribution is -0.124. The van der Waals surface area contributed by atoms with Gasteiger partial charge in [-0.25, -0.2) is 13.2 Å². The van der Waals surface area contributed by atoms with Crippen molar-refractivity contribution in [3.05, 3.63) is 28.7 Å². The van der Waals surface area contributed by atoms with Gasteiger partial charge in [-0.15, -0.1) is 0 Å². The first kappa shape index (κ1) is 13.4. The van der Waals surface area contributed by atoms with Crippen LogP contribution in [0.2, 0.25) is 0 Å². The molecule has 1 fully saturated rings. The smallest absolute Gasteiger partial charge is 0.270 e. The van der Waals surface area contributed by atoms with Crippen LogP contribution < -0.4 is 4.90 Å². The van der Waals surface area contributed by atoms with Crippen molar-refractivity contribution in [3.8, 4) is 0 Å². The maximum Gasteiger partial charge on any atom is 0.270 e. The molecule has 1 heterocycles. The van der Waals surface area contributed by atoms with Crippen molar-refractivity contribution in [2.24, 2.45) is 5.92 Å². The van der Waals surface area contributed by atoms with E-state index in [-0.39, 0.29) is 13.0 Å². The van der Waals surface area contributed by atoms with Crippen LogP contribution in [-0.2, 0) is 4.79 Å². The van der Waals surface area contributed by atoms with Gasteiger partial charge in [-0.1, -0.05) is 22.0 Å². The van der Waals surface area contributed by atoms with E-state index in [0.29, 0.717) is 5.69 Å². The number of halogens is 4. The van der Waals surface area contributed by atoms with Crippen molar-refractivity contribution >= 4 is 27.5 Å². The van der Waals surface area contributed by atoms with Crippen LogP contribution in [0.3, 0.4) is 0 Å². The SMILES string of the molecule is O=C1C(C(F)C(F)F)CCN1c1cccc(Br)c1. The third-order valence-corrected chi connectivity index (χ3v) is 3.49. The zero-order chi connectivity index (χ0) is 13.3. The minimum atomic E-state index is -3.11. The quantitative estimate of drug-likeness (QED) is 0.835. The lowest BCUT2D eigenvalue weighted by atomic mass is 10.0. The van der Waals surface area contributed by atoms with E-state index in [9.17, 15) is 18.0 Å². The van der Waals surface area contributed by atoms with Crippen LogP contribution in [-0.4, -0.2) is 25.0 Å². The maximum atomic E-state index is 13.2. The molecule has 0 spiro atoms. The molecule has 2 atom stereocenters. The Kier molecular flexibility index (Phi) is 3.94. The van der Waals surface area contributed by atoms with E-state index < -0.39 is 24.4 Å². The van der Waals surface area contributed by atoms with Gasteiger partial charge in [0.05, 0.1) is 5.92 Å². The molecule has 2 unspecified atom stereocenters. The summed E-state index contributed by atoms with van der Waals surface area (Å²) in [6, 6.07) is 6.93. The van der Waals surface area contributed by atoms with Crippen LogP contribution in [0, 0.1) is 5.92 Å². The third-order valence-electron chi connectivity index (χ3n) is 2.99. The predicted octanol–water partition coefficient (Wildman–Crippen LogP) is 3.41. The van der Waals surface area contributed by atoms with Gasteiger partial charge in [0, 0.05) is 16.7 Å². The number of benzene rings is 1. The van der Waals surface area contributed by atoms with Crippen LogP contribution in [0.1, 0.15) is 6.42 Å². The molecule has 1 aromatic rings. The molecule has 1 aliphatic rings. The number of rotatable bonds is 3. The van der Waals surface area contributed by atoms with Crippen molar-refractivity contribution < 1.29 is 18.0 Å². The molecule has 2 rings (SSSR count). The van der Waals surface area contributed by atoms with Gasteiger partial charge in [-0.2, -0.15) is 0 Å². The second-order valence-corrected chi connectivity index (χ2v) is 5.06. The van der Waals surface area contributed by atoms with Crippen LogP contribution in [0.5, 0.6) is 0 Å². The number of nitrogens with zero attached hydrogens (tertiary/aromatic N) is 1. The molecule has 1 saturated heterocycles. The fourth-order valence-electron chi connectivity index (χ4n) is 2.07. The van der Waals surface area contributed by atoms with Gasteiger partial charge in [-0.3, -0.25) is 4.79 Å². The summed E-state index contributed by atoms with van der Waals surface area (Å²) in [7, 11) is 0. The molecule has 1 amide bonds. The first-order chi connectivity index (χ1) is 8.50. The summed E-state index contributed by atoms with van der Waals surface area (Å²) < 4.78 is 38.6. The topological polar surface area (TPSA) is 20.3 Å². The largest absolute Gasteiger partial charge is 0.312 e. The molecule has 0 aliphatic carbocycles. The highest BCUT2D eigenvalue weighted by Gasteiger charge is 2.42. The molecular weight excluding hydrogens is 311 g/mol. The standard InChI is InChI=1S/C12H11BrF3NO/c13-7-2-1-3-8(6-7)17-5-4-9(12(17)18)10(14)11(15)16/h1-3,6,9-11H,4-5H2. The van der Waals surface area contributed by atoms with Crippen LogP contribution in [0.4, 0.5) is 18.9 Å². The van der Waals surface area contributed by atoms with Gasteiger partial charge in [0.15, 0.2) is 6.17 Å². The fourth-order valence-corrected chi connectivity index (χ4v) is 2.46. The molecule has 1 aliphatic heterocycles. The predicted molar refractivity (Wildman–Crippen MR) is 65.5 cm³/mol. The van der Waals surface area contributed by atoms with Gasteiger partial charge in [0.25, 0.3) is 6.43 Å². The van der Waals surface area contributed by atoms with E-state index >= 15 is 0 Å². The number of hydrogen-bond donors (Lipinski definition) is 0. The first-order valence-corrected chi connectivity index (χ1v) is 6.29. The number of anilines is 1. The number of carbonyl (C=O) groups excluding carboxylic acids is 1. The van der Waals surface area contributed by atoms with Crippen molar-refractivity contribution in [1.29, 1.82) is 0 Å². The minimum absolute atomic E-state index is 0.122. The minimum Gasteiger partial charge on any atom is -0.312 e. The van der Waals surface area contributed by atoms with Crippen LogP contribution in [0.15, 0.2) is 28.7 Å². The highest BCUT2D eigenvalue weighted by atomic mass is 79.9. The van der Waals surface area contributed by atoms with E-state index in [1.54, 1.807) is 24.3 Å². The molecule has 6 heteroatoms. The second-order valence-electron chi connectivity index (χ2n) is 4.14. The monoisotopic (exact) mass is 321 g/mol. The molecule has 1 aromatic carbocycles. The summed E-state index contributed by atoms with van der Waals surface area (Å²) in [5, 5.41) is 0. The Morgan fingerprint density at radius 1 is 1.33 bits per heavy atom.